The van der Waals surface area contributed by atoms with Crippen LogP contribution in [0.15, 0.2) is 76.8 Å². The molecule has 1 aliphatic heterocycles. The molecule has 2 aromatic carbocycles. The van der Waals surface area contributed by atoms with Crippen LogP contribution in [0, 0.1) is 11.7 Å². The van der Waals surface area contributed by atoms with E-state index in [-0.39, 0.29) is 35.6 Å². The summed E-state index contributed by atoms with van der Waals surface area (Å²) >= 11 is 1.52. The van der Waals surface area contributed by atoms with Crippen molar-refractivity contribution in [3.05, 3.63) is 83.9 Å². The van der Waals surface area contributed by atoms with Crippen LogP contribution in [-0.4, -0.2) is 29.4 Å². The molecule has 9 heteroatoms. The molecule has 0 fully saturated rings. The van der Waals surface area contributed by atoms with Gasteiger partial charge in [0.2, 0.25) is 15.9 Å². The molecular formula is C23H22FN3O3S2. The molecule has 0 spiro atoms. The van der Waals surface area contributed by atoms with Crippen LogP contribution in [0.1, 0.15) is 18.1 Å². The standard InChI is InChI=1S/C23H22FN3O3S2/c1-16-15-31-22-9-8-20(11-21(22)26-23(16)28)32(29,30)27(14-18-3-2-10-25-12-18)13-17-4-6-19(24)7-5-17/h2-12,16H,13-15H2,1H3,(H,26,28)/t16-/m0/s1. The van der Waals surface area contributed by atoms with Crippen molar-refractivity contribution in [1.82, 2.24) is 9.29 Å². The number of anilines is 1. The Morgan fingerprint density at radius 1 is 1.12 bits per heavy atom. The van der Waals surface area contributed by atoms with E-state index in [0.717, 1.165) is 10.5 Å². The predicted molar refractivity (Wildman–Crippen MR) is 122 cm³/mol. The molecule has 2 heterocycles. The molecule has 4 rings (SSSR count). The Bertz CT molecular complexity index is 1220. The smallest absolute Gasteiger partial charge is 0.243 e. The van der Waals surface area contributed by atoms with Gasteiger partial charge in [0.1, 0.15) is 5.82 Å². The second-order valence-electron chi connectivity index (χ2n) is 7.62. The molecule has 0 aliphatic carbocycles. The number of thioether (sulfide) groups is 1. The van der Waals surface area contributed by atoms with Gasteiger partial charge in [-0.3, -0.25) is 9.78 Å². The van der Waals surface area contributed by atoms with Crippen LogP contribution in [0.25, 0.3) is 0 Å². The number of halogens is 1. The van der Waals surface area contributed by atoms with Gasteiger partial charge in [0.25, 0.3) is 0 Å². The van der Waals surface area contributed by atoms with E-state index in [4.69, 9.17) is 0 Å². The highest BCUT2D eigenvalue weighted by Crippen LogP contribution is 2.35. The summed E-state index contributed by atoms with van der Waals surface area (Å²) in [5.74, 6) is -0.0659. The maximum Gasteiger partial charge on any atom is 0.243 e. The van der Waals surface area contributed by atoms with Crippen LogP contribution >= 0.6 is 11.8 Å². The van der Waals surface area contributed by atoms with Gasteiger partial charge in [0.15, 0.2) is 0 Å². The number of sulfonamides is 1. The van der Waals surface area contributed by atoms with E-state index < -0.39 is 10.0 Å². The summed E-state index contributed by atoms with van der Waals surface area (Å²) in [6, 6.07) is 14.1. The molecule has 3 aromatic rings. The first-order chi connectivity index (χ1) is 15.3. The van der Waals surface area contributed by atoms with Crippen molar-refractivity contribution in [2.24, 2.45) is 5.92 Å². The lowest BCUT2D eigenvalue weighted by Gasteiger charge is -2.23. The van der Waals surface area contributed by atoms with E-state index in [1.807, 2.05) is 6.92 Å². The second-order valence-corrected chi connectivity index (χ2v) is 10.6. The van der Waals surface area contributed by atoms with Crippen molar-refractivity contribution in [3.63, 3.8) is 0 Å². The average molecular weight is 472 g/mol. The third-order valence-corrected chi connectivity index (χ3v) is 8.26. The number of fused-ring (bicyclic) bond motifs is 1. The number of pyridine rings is 1. The largest absolute Gasteiger partial charge is 0.325 e. The zero-order chi connectivity index (χ0) is 22.7. The Kier molecular flexibility index (Phi) is 6.59. The molecule has 1 aromatic heterocycles. The lowest BCUT2D eigenvalue weighted by molar-refractivity contribution is -0.118. The molecular weight excluding hydrogens is 449 g/mol. The fourth-order valence-electron chi connectivity index (χ4n) is 3.30. The van der Waals surface area contributed by atoms with Crippen molar-refractivity contribution in [1.29, 1.82) is 0 Å². The number of nitrogens with zero attached hydrogens (tertiary/aromatic N) is 2. The fourth-order valence-corrected chi connectivity index (χ4v) is 5.76. The molecule has 0 unspecified atom stereocenters. The minimum absolute atomic E-state index is 0.0622. The summed E-state index contributed by atoms with van der Waals surface area (Å²) in [6.45, 7) is 2.00. The minimum atomic E-state index is -3.93. The molecule has 0 radical (unpaired) electrons. The first-order valence-electron chi connectivity index (χ1n) is 10.0. The van der Waals surface area contributed by atoms with E-state index in [1.165, 1.54) is 34.3 Å². The Morgan fingerprint density at radius 2 is 1.88 bits per heavy atom. The van der Waals surface area contributed by atoms with Crippen LogP contribution in [0.2, 0.25) is 0 Å². The summed E-state index contributed by atoms with van der Waals surface area (Å²) < 4.78 is 41.9. The molecule has 1 N–H and O–H groups in total. The third kappa shape index (κ3) is 5.01. The van der Waals surface area contributed by atoms with E-state index in [1.54, 1.807) is 48.8 Å². The van der Waals surface area contributed by atoms with Gasteiger partial charge in [-0.2, -0.15) is 4.31 Å². The number of nitrogens with one attached hydrogen (secondary N) is 1. The Balaban J connectivity index is 1.70. The first kappa shape index (κ1) is 22.4. The van der Waals surface area contributed by atoms with Crippen LogP contribution < -0.4 is 5.32 Å². The summed E-state index contributed by atoms with van der Waals surface area (Å²) in [6.07, 6.45) is 3.23. The van der Waals surface area contributed by atoms with Crippen molar-refractivity contribution in [2.45, 2.75) is 29.8 Å². The summed E-state index contributed by atoms with van der Waals surface area (Å²) in [5, 5.41) is 2.83. The van der Waals surface area contributed by atoms with Crippen LogP contribution in [0.3, 0.4) is 0 Å². The summed E-state index contributed by atoms with van der Waals surface area (Å²) in [7, 11) is -3.93. The molecule has 32 heavy (non-hydrogen) atoms. The number of aromatic nitrogens is 1. The highest BCUT2D eigenvalue weighted by molar-refractivity contribution is 7.99. The zero-order valence-electron chi connectivity index (χ0n) is 17.4. The number of carbonyl (C=O) groups excluding carboxylic acids is 1. The Hall–Kier alpha value is -2.75. The van der Waals surface area contributed by atoms with Gasteiger partial charge in [0, 0.05) is 42.0 Å². The third-order valence-electron chi connectivity index (χ3n) is 5.14. The predicted octanol–water partition coefficient (Wildman–Crippen LogP) is 4.29. The van der Waals surface area contributed by atoms with Crippen molar-refractivity contribution in [3.8, 4) is 0 Å². The Labute approximate surface area is 190 Å². The normalized spacial score (nSPS) is 16.3. The van der Waals surface area contributed by atoms with E-state index in [0.29, 0.717) is 17.0 Å². The van der Waals surface area contributed by atoms with Crippen molar-refractivity contribution >= 4 is 33.4 Å². The van der Waals surface area contributed by atoms with E-state index in [2.05, 4.69) is 10.3 Å². The molecule has 0 saturated heterocycles. The highest BCUT2D eigenvalue weighted by Gasteiger charge is 2.28. The van der Waals surface area contributed by atoms with Gasteiger partial charge in [-0.15, -0.1) is 11.8 Å². The lowest BCUT2D eigenvalue weighted by atomic mass is 10.2. The fraction of sp³-hybridized carbons (Fsp3) is 0.217. The lowest BCUT2D eigenvalue weighted by Crippen LogP contribution is -2.30. The van der Waals surface area contributed by atoms with Gasteiger partial charge < -0.3 is 5.32 Å². The van der Waals surface area contributed by atoms with Crippen LogP contribution in [0.4, 0.5) is 10.1 Å². The zero-order valence-corrected chi connectivity index (χ0v) is 19.0. The number of amides is 1. The first-order valence-corrected chi connectivity index (χ1v) is 12.5. The summed E-state index contributed by atoms with van der Waals surface area (Å²) in [4.78, 5) is 17.2. The molecule has 1 atom stereocenters. The van der Waals surface area contributed by atoms with E-state index >= 15 is 0 Å². The number of carbonyl (C=O) groups is 1. The molecule has 1 amide bonds. The van der Waals surface area contributed by atoms with Crippen LogP contribution in [-0.2, 0) is 27.9 Å². The molecule has 0 saturated carbocycles. The second kappa shape index (κ2) is 9.40. The maximum absolute atomic E-state index is 13.6. The van der Waals surface area contributed by atoms with Crippen LogP contribution in [0.5, 0.6) is 0 Å². The maximum atomic E-state index is 13.6. The van der Waals surface area contributed by atoms with Crippen molar-refractivity contribution < 1.29 is 17.6 Å². The molecule has 0 bridgehead atoms. The topological polar surface area (TPSA) is 79.4 Å². The van der Waals surface area contributed by atoms with Gasteiger partial charge in [-0.05, 0) is 47.5 Å². The average Bonchev–Trinajstić information content (AvgIpc) is 2.93. The Morgan fingerprint density at radius 3 is 2.59 bits per heavy atom. The molecule has 6 nitrogen and oxygen atoms in total. The van der Waals surface area contributed by atoms with Gasteiger partial charge in [-0.25, -0.2) is 12.8 Å². The van der Waals surface area contributed by atoms with Gasteiger partial charge in [0.05, 0.1) is 10.6 Å². The van der Waals surface area contributed by atoms with Gasteiger partial charge >= 0.3 is 0 Å². The highest BCUT2D eigenvalue weighted by atomic mass is 32.2. The molecule has 166 valence electrons. The minimum Gasteiger partial charge on any atom is -0.325 e. The number of hydrogen-bond donors (Lipinski definition) is 1. The number of benzene rings is 2. The van der Waals surface area contributed by atoms with Crippen molar-refractivity contribution in [2.75, 3.05) is 11.1 Å². The summed E-state index contributed by atoms with van der Waals surface area (Å²) in [5.41, 5.74) is 1.88. The van der Waals surface area contributed by atoms with E-state index in [9.17, 15) is 17.6 Å². The van der Waals surface area contributed by atoms with Gasteiger partial charge in [-0.1, -0.05) is 25.1 Å². The monoisotopic (exact) mass is 471 g/mol. The SMILES string of the molecule is C[C@H]1CSc2ccc(S(=O)(=O)N(Cc3ccc(F)cc3)Cc3cccnc3)cc2NC1=O. The quantitative estimate of drug-likeness (QED) is 0.580. The number of hydrogen-bond acceptors (Lipinski definition) is 5. The number of rotatable bonds is 6. The molecule has 1 aliphatic rings.